The molecular formula is C35H38N4O8S. The number of ketones is 1. The number of aromatic nitrogens is 1. The Morgan fingerprint density at radius 1 is 0.938 bits per heavy atom. The zero-order chi connectivity index (χ0) is 34.3. The molecule has 0 saturated carbocycles. The predicted octanol–water partition coefficient (Wildman–Crippen LogP) is 4.62. The lowest BCUT2D eigenvalue weighted by Gasteiger charge is -2.37. The number of carbonyl (C=O) groups excluding carboxylic acids is 3. The van der Waals surface area contributed by atoms with Gasteiger partial charge in [-0.3, -0.25) is 9.69 Å². The van der Waals surface area contributed by atoms with Crippen LogP contribution in [-0.2, 0) is 37.4 Å². The minimum Gasteiger partial charge on any atom is -0.445 e. The number of benzene rings is 3. The van der Waals surface area contributed by atoms with Crippen LogP contribution in [0.5, 0.6) is 5.75 Å². The molecule has 1 aliphatic heterocycles. The second-order valence-electron chi connectivity index (χ2n) is 12.3. The van der Waals surface area contributed by atoms with Gasteiger partial charge in [-0.1, -0.05) is 60.7 Å². The summed E-state index contributed by atoms with van der Waals surface area (Å²) in [6, 6.07) is 23.4. The van der Waals surface area contributed by atoms with E-state index in [1.165, 1.54) is 23.1 Å². The maximum absolute atomic E-state index is 14.0. The van der Waals surface area contributed by atoms with E-state index in [1.807, 2.05) is 42.5 Å². The standard InChI is InChI=1S/C35H38N4O8S/c1-35(2,3)46-34(42)39-20-19-36-22-30(39)32(40)29(38-33(41)45-23-25-9-5-4-6-10-25)21-24-13-16-27(17-14-24)47-48(43,44)31-18-15-26-11-7-8-12-28(26)37-31/h4-18,29-30,36H,19-23H2,1-3H3,(H,38,41)/t29-,30?/m0/s1. The highest BCUT2D eigenvalue weighted by atomic mass is 32.2. The summed E-state index contributed by atoms with van der Waals surface area (Å²) >= 11 is 0. The van der Waals surface area contributed by atoms with Gasteiger partial charge in [0, 0.05) is 25.0 Å². The SMILES string of the molecule is CC(C)(C)OC(=O)N1CCNCC1C(=O)[C@H](Cc1ccc(OS(=O)(=O)c2ccc3ccccc3n2)cc1)NC(=O)OCc1ccccc1. The number of amides is 2. The normalized spacial score (nSPS) is 15.7. The molecule has 0 bridgehead atoms. The Bertz CT molecular complexity index is 1860. The Kier molecular flexibility index (Phi) is 10.6. The lowest BCUT2D eigenvalue weighted by atomic mass is 9.96. The Morgan fingerprint density at radius 3 is 2.38 bits per heavy atom. The van der Waals surface area contributed by atoms with Gasteiger partial charge >= 0.3 is 22.3 Å². The lowest BCUT2D eigenvalue weighted by molar-refractivity contribution is -0.126. The number of nitrogens with one attached hydrogen (secondary N) is 2. The summed E-state index contributed by atoms with van der Waals surface area (Å²) in [7, 11) is -4.24. The fourth-order valence-electron chi connectivity index (χ4n) is 5.13. The van der Waals surface area contributed by atoms with E-state index < -0.39 is 45.8 Å². The summed E-state index contributed by atoms with van der Waals surface area (Å²) in [5, 5.41) is 6.38. The molecular weight excluding hydrogens is 636 g/mol. The third-order valence-electron chi connectivity index (χ3n) is 7.45. The van der Waals surface area contributed by atoms with Crippen LogP contribution in [0.1, 0.15) is 31.9 Å². The van der Waals surface area contributed by atoms with Crippen molar-refractivity contribution in [3.8, 4) is 5.75 Å². The van der Waals surface area contributed by atoms with E-state index in [9.17, 15) is 22.8 Å². The first-order chi connectivity index (χ1) is 22.9. The third kappa shape index (κ3) is 9.07. The van der Waals surface area contributed by atoms with Crippen molar-refractivity contribution >= 4 is 39.0 Å². The number of rotatable bonds is 10. The highest BCUT2D eigenvalue weighted by molar-refractivity contribution is 7.87. The molecule has 12 nitrogen and oxygen atoms in total. The van der Waals surface area contributed by atoms with Gasteiger partial charge in [-0.25, -0.2) is 14.6 Å². The Balaban J connectivity index is 1.32. The zero-order valence-electron chi connectivity index (χ0n) is 26.9. The average Bonchev–Trinajstić information content (AvgIpc) is 3.07. The molecule has 252 valence electrons. The molecule has 4 aromatic rings. The summed E-state index contributed by atoms with van der Waals surface area (Å²) in [5.74, 6) is -0.380. The van der Waals surface area contributed by atoms with Gasteiger partial charge in [0.15, 0.2) is 10.8 Å². The van der Waals surface area contributed by atoms with Crippen molar-refractivity contribution in [2.24, 2.45) is 0 Å². The number of pyridine rings is 1. The first-order valence-corrected chi connectivity index (χ1v) is 16.9. The van der Waals surface area contributed by atoms with Crippen LogP contribution in [0.3, 0.4) is 0 Å². The monoisotopic (exact) mass is 674 g/mol. The number of hydrogen-bond acceptors (Lipinski definition) is 10. The van der Waals surface area contributed by atoms with Crippen molar-refractivity contribution in [1.29, 1.82) is 0 Å². The highest BCUT2D eigenvalue weighted by Gasteiger charge is 2.38. The molecule has 2 amide bonds. The number of nitrogens with zero attached hydrogens (tertiary/aromatic N) is 2. The summed E-state index contributed by atoms with van der Waals surface area (Å²) in [6.45, 7) is 6.11. The van der Waals surface area contributed by atoms with Gasteiger partial charge in [-0.15, -0.1) is 0 Å². The van der Waals surface area contributed by atoms with Gasteiger partial charge in [0.1, 0.15) is 24.0 Å². The van der Waals surface area contributed by atoms with Crippen LogP contribution in [0, 0.1) is 0 Å². The highest BCUT2D eigenvalue weighted by Crippen LogP contribution is 2.22. The van der Waals surface area contributed by atoms with Gasteiger partial charge in [0.25, 0.3) is 0 Å². The first-order valence-electron chi connectivity index (χ1n) is 15.5. The number of carbonyl (C=O) groups is 3. The molecule has 2 N–H and O–H groups in total. The van der Waals surface area contributed by atoms with Crippen LogP contribution in [0.15, 0.2) is 96.0 Å². The Morgan fingerprint density at radius 2 is 1.65 bits per heavy atom. The molecule has 5 rings (SSSR count). The smallest absolute Gasteiger partial charge is 0.410 e. The summed E-state index contributed by atoms with van der Waals surface area (Å²) in [5.41, 5.74) is 1.11. The summed E-state index contributed by atoms with van der Waals surface area (Å²) < 4.78 is 42.3. The van der Waals surface area contributed by atoms with Gasteiger partial charge in [-0.05, 0) is 68.7 Å². The van der Waals surface area contributed by atoms with E-state index in [4.69, 9.17) is 13.7 Å². The van der Waals surface area contributed by atoms with Gasteiger partial charge in [-0.2, -0.15) is 8.42 Å². The molecule has 0 aliphatic carbocycles. The Hall–Kier alpha value is -5.01. The van der Waals surface area contributed by atoms with Crippen LogP contribution in [0.25, 0.3) is 10.9 Å². The summed E-state index contributed by atoms with van der Waals surface area (Å²) in [4.78, 5) is 45.6. The predicted molar refractivity (Wildman–Crippen MR) is 178 cm³/mol. The number of piperazine rings is 1. The van der Waals surface area contributed by atoms with E-state index in [1.54, 1.807) is 51.1 Å². The van der Waals surface area contributed by atoms with Crippen molar-refractivity contribution in [3.63, 3.8) is 0 Å². The van der Waals surface area contributed by atoms with Gasteiger partial charge in [0.2, 0.25) is 0 Å². The minimum absolute atomic E-state index is 0.00479. The quantitative estimate of drug-likeness (QED) is 0.228. The average molecular weight is 675 g/mol. The molecule has 1 aliphatic rings. The lowest BCUT2D eigenvalue weighted by Crippen LogP contribution is -2.61. The number of alkyl carbamates (subject to hydrolysis) is 1. The van der Waals surface area contributed by atoms with Crippen LogP contribution in [0.4, 0.5) is 9.59 Å². The molecule has 1 aromatic heterocycles. The van der Waals surface area contributed by atoms with Crippen molar-refractivity contribution in [1.82, 2.24) is 20.5 Å². The molecule has 13 heteroatoms. The molecule has 1 unspecified atom stereocenters. The maximum Gasteiger partial charge on any atom is 0.410 e. The molecule has 2 heterocycles. The van der Waals surface area contributed by atoms with Gasteiger partial charge in [0.05, 0.1) is 11.6 Å². The van der Waals surface area contributed by atoms with Crippen LogP contribution in [0.2, 0.25) is 0 Å². The fourth-order valence-corrected chi connectivity index (χ4v) is 6.03. The van der Waals surface area contributed by atoms with Crippen molar-refractivity contribution in [2.75, 3.05) is 19.6 Å². The number of ether oxygens (including phenoxy) is 2. The van der Waals surface area contributed by atoms with E-state index in [-0.39, 0.29) is 36.9 Å². The van der Waals surface area contributed by atoms with E-state index in [0.29, 0.717) is 17.6 Å². The van der Waals surface area contributed by atoms with Crippen molar-refractivity contribution < 1.29 is 36.5 Å². The molecule has 0 spiro atoms. The number of fused-ring (bicyclic) bond motifs is 1. The number of para-hydroxylation sites is 1. The zero-order valence-corrected chi connectivity index (χ0v) is 27.7. The number of Topliss-reactive ketones (excluding diaryl/α,β-unsaturated/α-hetero) is 1. The van der Waals surface area contributed by atoms with E-state index in [2.05, 4.69) is 15.6 Å². The molecule has 0 radical (unpaired) electrons. The van der Waals surface area contributed by atoms with Crippen LogP contribution >= 0.6 is 0 Å². The first kappa shape index (κ1) is 34.3. The second kappa shape index (κ2) is 14.8. The van der Waals surface area contributed by atoms with E-state index in [0.717, 1.165) is 10.9 Å². The molecule has 48 heavy (non-hydrogen) atoms. The number of hydrogen-bond donors (Lipinski definition) is 2. The Labute approximate surface area is 279 Å². The molecule has 1 saturated heterocycles. The third-order valence-corrected chi connectivity index (χ3v) is 8.60. The summed E-state index contributed by atoms with van der Waals surface area (Å²) in [6.07, 6.45) is -1.41. The minimum atomic E-state index is -4.24. The van der Waals surface area contributed by atoms with Crippen molar-refractivity contribution in [3.05, 3.63) is 102 Å². The van der Waals surface area contributed by atoms with Crippen LogP contribution in [-0.4, -0.2) is 73.6 Å². The maximum atomic E-state index is 14.0. The molecule has 2 atom stereocenters. The topological polar surface area (TPSA) is 153 Å². The fraction of sp³-hybridized carbons (Fsp3) is 0.314. The van der Waals surface area contributed by atoms with Crippen molar-refractivity contribution in [2.45, 2.75) is 56.5 Å². The van der Waals surface area contributed by atoms with Gasteiger partial charge < -0.3 is 24.3 Å². The van der Waals surface area contributed by atoms with Crippen LogP contribution < -0.4 is 14.8 Å². The molecule has 1 fully saturated rings. The largest absolute Gasteiger partial charge is 0.445 e. The second-order valence-corrected chi connectivity index (χ2v) is 13.8. The van der Waals surface area contributed by atoms with E-state index >= 15 is 0 Å². The molecule has 3 aromatic carbocycles.